The molecule has 2 heterocycles. The van der Waals surface area contributed by atoms with Crippen LogP contribution in [0.1, 0.15) is 17.6 Å². The molecule has 2 aromatic carbocycles. The molecule has 1 fully saturated rings. The number of piperazine rings is 1. The molecule has 2 amide bonds. The molecule has 1 aliphatic rings. The number of rotatable bonds is 5. The maximum Gasteiger partial charge on any atom is 0.320 e. The molecular weight excluding hydrogens is 403 g/mol. The summed E-state index contributed by atoms with van der Waals surface area (Å²) in [6.07, 6.45) is 0. The van der Waals surface area contributed by atoms with Crippen LogP contribution >= 0.6 is 0 Å². The van der Waals surface area contributed by atoms with E-state index in [1.54, 1.807) is 31.2 Å². The molecule has 1 aromatic heterocycles. The number of carbonyl (C=O) groups is 2. The van der Waals surface area contributed by atoms with Crippen molar-refractivity contribution in [2.24, 2.45) is 0 Å². The van der Waals surface area contributed by atoms with Gasteiger partial charge in [-0.3, -0.25) is 9.59 Å². The largest absolute Gasteiger partial charge is 0.399 e. The monoisotopic (exact) mass is 424 g/mol. The van der Waals surface area contributed by atoms with Gasteiger partial charge in [0.2, 0.25) is 5.91 Å². The van der Waals surface area contributed by atoms with Crippen molar-refractivity contribution in [2.75, 3.05) is 41.7 Å². The van der Waals surface area contributed by atoms with Gasteiger partial charge in [-0.2, -0.15) is 0 Å². The molecule has 0 unspecified atom stereocenters. The Morgan fingerprint density at radius 1 is 1.00 bits per heavy atom. The van der Waals surface area contributed by atoms with Gasteiger partial charge in [0.25, 0.3) is 0 Å². The molecular formula is C21H21FN6O3. The zero-order chi connectivity index (χ0) is 21.8. The van der Waals surface area contributed by atoms with Gasteiger partial charge in [-0.15, -0.1) is 5.10 Å². The summed E-state index contributed by atoms with van der Waals surface area (Å²) in [6, 6.07) is 13.3. The highest BCUT2D eigenvalue weighted by Gasteiger charge is 2.19. The van der Waals surface area contributed by atoms with Crippen LogP contribution in [-0.2, 0) is 4.79 Å². The summed E-state index contributed by atoms with van der Waals surface area (Å²) >= 11 is 0. The minimum atomic E-state index is -0.572. The van der Waals surface area contributed by atoms with Crippen LogP contribution in [0.5, 0.6) is 0 Å². The van der Waals surface area contributed by atoms with Crippen LogP contribution in [0.4, 0.5) is 27.5 Å². The average molecular weight is 424 g/mol. The van der Waals surface area contributed by atoms with E-state index >= 15 is 0 Å². The number of hydrogen-bond donors (Lipinski definition) is 2. The summed E-state index contributed by atoms with van der Waals surface area (Å²) < 4.78 is 19.0. The first-order valence-corrected chi connectivity index (χ1v) is 9.76. The standard InChI is InChI=1S/C21H21FN6O3/c1-14(29)27-10-12-28(13-11-27)16-8-6-15(7-9-16)23-19(30)20-25-26-21(31-20)24-18-5-3-2-4-17(18)22/h2-9H,10-13H2,1H3,(H,23,30)(H,24,26). The summed E-state index contributed by atoms with van der Waals surface area (Å²) in [5.74, 6) is -1.21. The third-order valence-corrected chi connectivity index (χ3v) is 4.95. The number of hydrogen-bond acceptors (Lipinski definition) is 7. The highest BCUT2D eigenvalue weighted by atomic mass is 19.1. The van der Waals surface area contributed by atoms with Crippen LogP contribution < -0.4 is 15.5 Å². The van der Waals surface area contributed by atoms with Crippen molar-refractivity contribution in [1.82, 2.24) is 15.1 Å². The second-order valence-corrected chi connectivity index (χ2v) is 7.01. The Kier molecular flexibility index (Phi) is 5.78. The minimum Gasteiger partial charge on any atom is -0.399 e. The molecule has 0 saturated carbocycles. The summed E-state index contributed by atoms with van der Waals surface area (Å²) in [5.41, 5.74) is 1.74. The fourth-order valence-electron chi connectivity index (χ4n) is 3.26. The summed E-state index contributed by atoms with van der Waals surface area (Å²) in [4.78, 5) is 27.8. The highest BCUT2D eigenvalue weighted by molar-refractivity contribution is 6.01. The molecule has 0 atom stereocenters. The smallest absolute Gasteiger partial charge is 0.320 e. The molecule has 1 saturated heterocycles. The van der Waals surface area contributed by atoms with E-state index in [2.05, 4.69) is 25.7 Å². The summed E-state index contributed by atoms with van der Waals surface area (Å²) in [5, 5.41) is 12.7. The van der Waals surface area contributed by atoms with Crippen molar-refractivity contribution in [3.63, 3.8) is 0 Å². The summed E-state index contributed by atoms with van der Waals surface area (Å²) in [6.45, 7) is 4.47. The first kappa shape index (κ1) is 20.3. The molecule has 0 aliphatic carbocycles. The van der Waals surface area contributed by atoms with E-state index in [0.29, 0.717) is 18.8 Å². The lowest BCUT2D eigenvalue weighted by molar-refractivity contribution is -0.129. The van der Waals surface area contributed by atoms with Gasteiger partial charge in [-0.05, 0) is 36.4 Å². The highest BCUT2D eigenvalue weighted by Crippen LogP contribution is 2.21. The zero-order valence-electron chi connectivity index (χ0n) is 16.8. The van der Waals surface area contributed by atoms with E-state index in [1.807, 2.05) is 17.0 Å². The number of para-hydroxylation sites is 1. The van der Waals surface area contributed by atoms with Gasteiger partial charge in [0, 0.05) is 44.5 Å². The maximum atomic E-state index is 13.7. The molecule has 3 aromatic rings. The van der Waals surface area contributed by atoms with Crippen LogP contribution in [0.25, 0.3) is 0 Å². The average Bonchev–Trinajstić information content (AvgIpc) is 3.25. The second kappa shape index (κ2) is 8.82. The van der Waals surface area contributed by atoms with Gasteiger partial charge >= 0.3 is 17.8 Å². The predicted octanol–water partition coefficient (Wildman–Crippen LogP) is 2.87. The van der Waals surface area contributed by atoms with Crippen molar-refractivity contribution in [3.05, 3.63) is 60.2 Å². The molecule has 2 N–H and O–H groups in total. The van der Waals surface area contributed by atoms with Crippen LogP contribution in [0.3, 0.4) is 0 Å². The van der Waals surface area contributed by atoms with E-state index < -0.39 is 11.7 Å². The molecule has 0 spiro atoms. The molecule has 160 valence electrons. The van der Waals surface area contributed by atoms with E-state index in [9.17, 15) is 14.0 Å². The van der Waals surface area contributed by atoms with Crippen molar-refractivity contribution in [1.29, 1.82) is 0 Å². The quantitative estimate of drug-likeness (QED) is 0.649. The number of amides is 2. The van der Waals surface area contributed by atoms with E-state index in [-0.39, 0.29) is 23.5 Å². The first-order chi connectivity index (χ1) is 15.0. The topological polar surface area (TPSA) is 104 Å². The fraction of sp³-hybridized carbons (Fsp3) is 0.238. The van der Waals surface area contributed by atoms with Gasteiger partial charge in [0.1, 0.15) is 5.82 Å². The maximum absolute atomic E-state index is 13.7. The number of aromatic nitrogens is 2. The Bertz CT molecular complexity index is 1080. The number of carbonyl (C=O) groups excluding carboxylic acids is 2. The van der Waals surface area contributed by atoms with Crippen LogP contribution in [0, 0.1) is 5.82 Å². The SMILES string of the molecule is CC(=O)N1CCN(c2ccc(NC(=O)c3nnc(Nc4ccccc4F)o3)cc2)CC1. The van der Waals surface area contributed by atoms with Crippen molar-refractivity contribution < 1.29 is 18.4 Å². The van der Waals surface area contributed by atoms with E-state index in [1.165, 1.54) is 12.1 Å². The van der Waals surface area contributed by atoms with Crippen molar-refractivity contribution in [2.45, 2.75) is 6.92 Å². The normalized spacial score (nSPS) is 13.7. The number of nitrogens with zero attached hydrogens (tertiary/aromatic N) is 4. The van der Waals surface area contributed by atoms with Gasteiger partial charge in [0.15, 0.2) is 0 Å². The lowest BCUT2D eigenvalue weighted by Gasteiger charge is -2.35. The molecule has 0 bridgehead atoms. The number of benzene rings is 2. The second-order valence-electron chi connectivity index (χ2n) is 7.01. The lowest BCUT2D eigenvalue weighted by Crippen LogP contribution is -2.48. The summed E-state index contributed by atoms with van der Waals surface area (Å²) in [7, 11) is 0. The Labute approximate surface area is 177 Å². The Morgan fingerprint density at radius 3 is 2.39 bits per heavy atom. The number of halogens is 1. The first-order valence-electron chi connectivity index (χ1n) is 9.76. The predicted molar refractivity (Wildman–Crippen MR) is 113 cm³/mol. The Morgan fingerprint density at radius 2 is 1.71 bits per heavy atom. The van der Waals surface area contributed by atoms with Gasteiger partial charge in [-0.25, -0.2) is 4.39 Å². The molecule has 1 aliphatic heterocycles. The van der Waals surface area contributed by atoms with E-state index in [0.717, 1.165) is 18.8 Å². The Balaban J connectivity index is 1.34. The fourth-order valence-corrected chi connectivity index (χ4v) is 3.26. The zero-order valence-corrected chi connectivity index (χ0v) is 16.8. The number of anilines is 4. The molecule has 4 rings (SSSR count). The van der Waals surface area contributed by atoms with Crippen molar-refractivity contribution >= 4 is 34.9 Å². The van der Waals surface area contributed by atoms with Gasteiger partial charge in [-0.1, -0.05) is 17.2 Å². The number of nitrogens with one attached hydrogen (secondary N) is 2. The van der Waals surface area contributed by atoms with Crippen LogP contribution in [-0.4, -0.2) is 53.1 Å². The third-order valence-electron chi connectivity index (χ3n) is 4.95. The molecule has 9 nitrogen and oxygen atoms in total. The van der Waals surface area contributed by atoms with E-state index in [4.69, 9.17) is 4.42 Å². The molecule has 10 heteroatoms. The minimum absolute atomic E-state index is 0.0877. The Hall–Kier alpha value is -3.95. The lowest BCUT2D eigenvalue weighted by atomic mass is 10.2. The molecule has 31 heavy (non-hydrogen) atoms. The third kappa shape index (κ3) is 4.80. The van der Waals surface area contributed by atoms with Crippen LogP contribution in [0.2, 0.25) is 0 Å². The van der Waals surface area contributed by atoms with Gasteiger partial charge in [0.05, 0.1) is 5.69 Å². The van der Waals surface area contributed by atoms with Crippen molar-refractivity contribution in [3.8, 4) is 0 Å². The van der Waals surface area contributed by atoms with Crippen LogP contribution in [0.15, 0.2) is 52.9 Å². The van der Waals surface area contributed by atoms with Gasteiger partial charge < -0.3 is 24.9 Å². The molecule has 0 radical (unpaired) electrons.